The number of nitrogens with one attached hydrogen (secondary N) is 1. The number of aliphatic hydroxyl groups is 1. The van der Waals surface area contributed by atoms with Crippen LogP contribution in [0, 0.1) is 5.82 Å². The van der Waals surface area contributed by atoms with Crippen molar-refractivity contribution in [3.05, 3.63) is 35.1 Å². The van der Waals surface area contributed by atoms with E-state index >= 15 is 0 Å². The summed E-state index contributed by atoms with van der Waals surface area (Å²) in [7, 11) is 0. The first-order chi connectivity index (χ1) is 8.38. The molecule has 0 heterocycles. The molecule has 2 nitrogen and oxygen atoms in total. The lowest BCUT2D eigenvalue weighted by Gasteiger charge is -2.17. The van der Waals surface area contributed by atoms with Crippen molar-refractivity contribution in [2.45, 2.75) is 32.1 Å². The Bertz CT molecular complexity index is 388. The molecule has 1 aromatic carbocycles. The van der Waals surface area contributed by atoms with Gasteiger partial charge in [-0.05, 0) is 24.1 Å². The van der Waals surface area contributed by atoms with Crippen molar-refractivity contribution in [2.24, 2.45) is 0 Å². The van der Waals surface area contributed by atoms with Gasteiger partial charge in [0.15, 0.2) is 0 Å². The SMILES string of the molecule is CC[C@@H](CO)NCc1ccc(F)cc1C(F)(F)F. The highest BCUT2D eigenvalue weighted by Gasteiger charge is 2.33. The van der Waals surface area contributed by atoms with Gasteiger partial charge in [0.2, 0.25) is 0 Å². The van der Waals surface area contributed by atoms with Crippen LogP contribution in [0.15, 0.2) is 18.2 Å². The molecular weight excluding hydrogens is 250 g/mol. The zero-order chi connectivity index (χ0) is 13.8. The van der Waals surface area contributed by atoms with Crippen LogP contribution in [0.2, 0.25) is 0 Å². The molecule has 0 aliphatic carbocycles. The van der Waals surface area contributed by atoms with E-state index in [0.717, 1.165) is 12.1 Å². The molecule has 102 valence electrons. The lowest BCUT2D eigenvalue weighted by atomic mass is 10.1. The van der Waals surface area contributed by atoms with Crippen LogP contribution in [-0.2, 0) is 12.7 Å². The topological polar surface area (TPSA) is 32.3 Å². The average Bonchev–Trinajstić information content (AvgIpc) is 2.30. The standard InChI is InChI=1S/C12H15F4NO/c1-2-10(7-18)17-6-8-3-4-9(13)5-11(8)12(14,15)16/h3-5,10,17-18H,2,6-7H2,1H3/t10-/m0/s1. The molecule has 0 aliphatic rings. The third kappa shape index (κ3) is 3.96. The number of hydrogen-bond acceptors (Lipinski definition) is 2. The Balaban J connectivity index is 2.88. The Morgan fingerprint density at radius 3 is 2.50 bits per heavy atom. The summed E-state index contributed by atoms with van der Waals surface area (Å²) in [6.45, 7) is 1.59. The third-order valence-corrected chi connectivity index (χ3v) is 2.67. The molecule has 18 heavy (non-hydrogen) atoms. The van der Waals surface area contributed by atoms with Crippen LogP contribution in [0.25, 0.3) is 0 Å². The van der Waals surface area contributed by atoms with E-state index in [4.69, 9.17) is 5.11 Å². The molecule has 1 atom stereocenters. The molecule has 2 N–H and O–H groups in total. The first kappa shape index (κ1) is 14.9. The molecule has 0 spiro atoms. The Kier molecular flexibility index (Phi) is 5.10. The van der Waals surface area contributed by atoms with E-state index in [2.05, 4.69) is 5.32 Å². The Hall–Kier alpha value is -1.14. The molecule has 0 amide bonds. The Morgan fingerprint density at radius 1 is 1.33 bits per heavy atom. The van der Waals surface area contributed by atoms with Crippen LogP contribution >= 0.6 is 0 Å². The summed E-state index contributed by atoms with van der Waals surface area (Å²) in [6, 6.07) is 2.31. The maximum absolute atomic E-state index is 12.8. The van der Waals surface area contributed by atoms with Crippen molar-refractivity contribution < 1.29 is 22.7 Å². The van der Waals surface area contributed by atoms with Gasteiger partial charge in [0.1, 0.15) is 5.82 Å². The van der Waals surface area contributed by atoms with Gasteiger partial charge in [0, 0.05) is 12.6 Å². The first-order valence-electron chi connectivity index (χ1n) is 5.58. The van der Waals surface area contributed by atoms with Gasteiger partial charge in [0.25, 0.3) is 0 Å². The molecule has 1 rings (SSSR count). The highest BCUT2D eigenvalue weighted by molar-refractivity contribution is 5.30. The van der Waals surface area contributed by atoms with E-state index in [9.17, 15) is 17.6 Å². The van der Waals surface area contributed by atoms with Crippen molar-refractivity contribution in [2.75, 3.05) is 6.61 Å². The number of halogens is 4. The van der Waals surface area contributed by atoms with E-state index < -0.39 is 17.6 Å². The summed E-state index contributed by atoms with van der Waals surface area (Å²) in [5.74, 6) is -0.916. The van der Waals surface area contributed by atoms with Crippen LogP contribution < -0.4 is 5.32 Å². The van der Waals surface area contributed by atoms with Gasteiger partial charge >= 0.3 is 6.18 Å². The predicted octanol–water partition coefficient (Wildman–Crippen LogP) is 2.71. The second-order valence-corrected chi connectivity index (χ2v) is 3.97. The van der Waals surface area contributed by atoms with Gasteiger partial charge in [0.05, 0.1) is 12.2 Å². The van der Waals surface area contributed by atoms with Gasteiger partial charge in [-0.2, -0.15) is 13.2 Å². The maximum Gasteiger partial charge on any atom is 0.416 e. The predicted molar refractivity (Wildman–Crippen MR) is 59.4 cm³/mol. The lowest BCUT2D eigenvalue weighted by Crippen LogP contribution is -2.32. The van der Waals surface area contributed by atoms with Crippen LogP contribution in [-0.4, -0.2) is 17.8 Å². The van der Waals surface area contributed by atoms with Gasteiger partial charge in [-0.15, -0.1) is 0 Å². The zero-order valence-corrected chi connectivity index (χ0v) is 9.89. The maximum atomic E-state index is 12.8. The normalized spacial score (nSPS) is 13.7. The summed E-state index contributed by atoms with van der Waals surface area (Å²) in [5.41, 5.74) is -1.02. The summed E-state index contributed by atoms with van der Waals surface area (Å²) in [4.78, 5) is 0. The van der Waals surface area contributed by atoms with Gasteiger partial charge in [-0.25, -0.2) is 4.39 Å². The van der Waals surface area contributed by atoms with Crippen molar-refractivity contribution in [3.63, 3.8) is 0 Å². The average molecular weight is 265 g/mol. The van der Waals surface area contributed by atoms with Crippen LogP contribution in [0.4, 0.5) is 17.6 Å². The highest BCUT2D eigenvalue weighted by atomic mass is 19.4. The van der Waals surface area contributed by atoms with E-state index in [0.29, 0.717) is 12.5 Å². The zero-order valence-electron chi connectivity index (χ0n) is 9.89. The quantitative estimate of drug-likeness (QED) is 0.802. The number of rotatable bonds is 5. The number of aliphatic hydroxyl groups excluding tert-OH is 1. The molecule has 0 radical (unpaired) electrons. The second kappa shape index (κ2) is 6.15. The van der Waals surface area contributed by atoms with Gasteiger partial charge in [-0.1, -0.05) is 13.0 Å². The minimum atomic E-state index is -4.58. The highest BCUT2D eigenvalue weighted by Crippen LogP contribution is 2.32. The molecule has 0 aromatic heterocycles. The fourth-order valence-corrected chi connectivity index (χ4v) is 1.56. The molecule has 6 heteroatoms. The molecule has 0 bridgehead atoms. The van der Waals surface area contributed by atoms with Crippen LogP contribution in [0.3, 0.4) is 0 Å². The number of alkyl halides is 3. The smallest absolute Gasteiger partial charge is 0.395 e. The van der Waals surface area contributed by atoms with E-state index in [-0.39, 0.29) is 24.8 Å². The van der Waals surface area contributed by atoms with Crippen molar-refractivity contribution in [1.82, 2.24) is 5.32 Å². The number of hydrogen-bond donors (Lipinski definition) is 2. The largest absolute Gasteiger partial charge is 0.416 e. The summed E-state index contributed by atoms with van der Waals surface area (Å²) in [6.07, 6.45) is -3.99. The molecule has 0 aliphatic heterocycles. The Labute approximate surface area is 103 Å². The minimum Gasteiger partial charge on any atom is -0.395 e. The van der Waals surface area contributed by atoms with E-state index in [1.807, 2.05) is 6.92 Å². The van der Waals surface area contributed by atoms with Crippen LogP contribution in [0.1, 0.15) is 24.5 Å². The number of benzene rings is 1. The van der Waals surface area contributed by atoms with E-state index in [1.165, 1.54) is 0 Å². The van der Waals surface area contributed by atoms with Gasteiger partial charge < -0.3 is 10.4 Å². The van der Waals surface area contributed by atoms with Crippen LogP contribution in [0.5, 0.6) is 0 Å². The molecular formula is C12H15F4NO. The van der Waals surface area contributed by atoms with Crippen molar-refractivity contribution >= 4 is 0 Å². The minimum absolute atomic E-state index is 0.0317. The fourth-order valence-electron chi connectivity index (χ4n) is 1.56. The molecule has 0 saturated heterocycles. The van der Waals surface area contributed by atoms with Gasteiger partial charge in [-0.3, -0.25) is 0 Å². The molecule has 1 aromatic rings. The summed E-state index contributed by atoms with van der Waals surface area (Å²) in [5, 5.41) is 11.7. The summed E-state index contributed by atoms with van der Waals surface area (Å²) < 4.78 is 50.9. The fraction of sp³-hybridized carbons (Fsp3) is 0.500. The molecule has 0 unspecified atom stereocenters. The Morgan fingerprint density at radius 2 is 2.00 bits per heavy atom. The second-order valence-electron chi connectivity index (χ2n) is 3.97. The third-order valence-electron chi connectivity index (χ3n) is 2.67. The lowest BCUT2D eigenvalue weighted by molar-refractivity contribution is -0.138. The van der Waals surface area contributed by atoms with E-state index in [1.54, 1.807) is 0 Å². The summed E-state index contributed by atoms with van der Waals surface area (Å²) >= 11 is 0. The monoisotopic (exact) mass is 265 g/mol. The van der Waals surface area contributed by atoms with Crippen molar-refractivity contribution in [1.29, 1.82) is 0 Å². The first-order valence-corrected chi connectivity index (χ1v) is 5.58. The molecule has 0 saturated carbocycles. The molecule has 0 fully saturated rings. The van der Waals surface area contributed by atoms with Crippen molar-refractivity contribution in [3.8, 4) is 0 Å².